The Balaban J connectivity index is 2.05. The van der Waals surface area contributed by atoms with Gasteiger partial charge in [0, 0.05) is 24.7 Å². The van der Waals surface area contributed by atoms with Gasteiger partial charge in [-0.1, -0.05) is 44.2 Å². The maximum Gasteiger partial charge on any atom is 0.294 e. The Kier molecular flexibility index (Phi) is 5.82. The largest absolute Gasteiger partial charge is 0.503 e. The highest BCUT2D eigenvalue weighted by molar-refractivity contribution is 6.16. The number of carbonyl (C=O) groups is 3. The second kappa shape index (κ2) is 8.31. The molecule has 2 N–H and O–H groups in total. The number of ketones is 1. The zero-order valence-corrected chi connectivity index (χ0v) is 16.7. The standard InChI is InChI=1S/C23H24N2O4/c1-14(2)13-19(27)20-21(16-7-5-4-6-8-16)25(23(29)22(20)28)18-11-9-17(10-12-18)24-15(3)26/h4-12,14,21,28H,13H2,1-3H3,(H,24,26). The van der Waals surface area contributed by atoms with Gasteiger partial charge >= 0.3 is 0 Å². The molecular weight excluding hydrogens is 368 g/mol. The first-order valence-electron chi connectivity index (χ1n) is 9.52. The molecule has 0 fully saturated rings. The predicted molar refractivity (Wildman–Crippen MR) is 112 cm³/mol. The summed E-state index contributed by atoms with van der Waals surface area (Å²) < 4.78 is 0. The molecule has 6 nitrogen and oxygen atoms in total. The average molecular weight is 392 g/mol. The van der Waals surface area contributed by atoms with E-state index in [9.17, 15) is 19.5 Å². The lowest BCUT2D eigenvalue weighted by atomic mass is 9.92. The van der Waals surface area contributed by atoms with E-state index in [-0.39, 0.29) is 29.6 Å². The first-order chi connectivity index (χ1) is 13.8. The molecule has 2 amide bonds. The number of aliphatic hydroxyl groups is 1. The van der Waals surface area contributed by atoms with Gasteiger partial charge in [-0.25, -0.2) is 0 Å². The van der Waals surface area contributed by atoms with Crippen LogP contribution in [0, 0.1) is 5.92 Å². The lowest BCUT2D eigenvalue weighted by molar-refractivity contribution is -0.118. The van der Waals surface area contributed by atoms with E-state index in [1.165, 1.54) is 11.8 Å². The smallest absolute Gasteiger partial charge is 0.294 e. The van der Waals surface area contributed by atoms with Crippen LogP contribution in [0.3, 0.4) is 0 Å². The molecule has 2 aromatic carbocycles. The summed E-state index contributed by atoms with van der Waals surface area (Å²) in [6.45, 7) is 5.25. The van der Waals surface area contributed by atoms with Crippen LogP contribution >= 0.6 is 0 Å². The van der Waals surface area contributed by atoms with Crippen molar-refractivity contribution in [3.8, 4) is 0 Å². The number of hydrogen-bond donors (Lipinski definition) is 2. The van der Waals surface area contributed by atoms with Gasteiger partial charge in [0.25, 0.3) is 5.91 Å². The Hall–Kier alpha value is -3.41. The summed E-state index contributed by atoms with van der Waals surface area (Å²) in [4.78, 5) is 38.5. The van der Waals surface area contributed by atoms with Gasteiger partial charge in [-0.05, 0) is 35.7 Å². The second-order valence-corrected chi connectivity index (χ2v) is 7.50. The zero-order chi connectivity index (χ0) is 21.1. The van der Waals surface area contributed by atoms with E-state index in [0.29, 0.717) is 11.4 Å². The number of Topliss-reactive ketones (excluding diaryl/α,β-unsaturated/α-hetero) is 1. The van der Waals surface area contributed by atoms with E-state index >= 15 is 0 Å². The van der Waals surface area contributed by atoms with Crippen LogP contribution in [0.4, 0.5) is 11.4 Å². The van der Waals surface area contributed by atoms with Gasteiger partial charge < -0.3 is 10.4 Å². The van der Waals surface area contributed by atoms with Crippen LogP contribution in [-0.2, 0) is 14.4 Å². The van der Waals surface area contributed by atoms with Gasteiger partial charge in [-0.2, -0.15) is 0 Å². The molecular formula is C23H24N2O4. The summed E-state index contributed by atoms with van der Waals surface area (Å²) in [5.41, 5.74) is 1.98. The molecule has 1 aliphatic heterocycles. The maximum absolute atomic E-state index is 12.9. The number of hydrogen-bond acceptors (Lipinski definition) is 4. The predicted octanol–water partition coefficient (Wildman–Crippen LogP) is 4.16. The molecule has 0 aromatic heterocycles. The third-order valence-corrected chi connectivity index (χ3v) is 4.68. The lowest BCUT2D eigenvalue weighted by Gasteiger charge is -2.27. The van der Waals surface area contributed by atoms with E-state index in [1.807, 2.05) is 44.2 Å². The monoisotopic (exact) mass is 392 g/mol. The highest BCUT2D eigenvalue weighted by Crippen LogP contribution is 2.41. The van der Waals surface area contributed by atoms with Crippen LogP contribution in [0.5, 0.6) is 0 Å². The van der Waals surface area contributed by atoms with Gasteiger partial charge in [0.2, 0.25) is 5.91 Å². The molecule has 0 radical (unpaired) electrons. The summed E-state index contributed by atoms with van der Waals surface area (Å²) in [5.74, 6) is -1.45. The van der Waals surface area contributed by atoms with E-state index in [0.717, 1.165) is 5.56 Å². The molecule has 6 heteroatoms. The molecule has 0 saturated carbocycles. The number of rotatable bonds is 6. The van der Waals surface area contributed by atoms with Crippen molar-refractivity contribution in [3.05, 3.63) is 71.5 Å². The molecule has 1 aliphatic rings. The number of benzene rings is 2. The van der Waals surface area contributed by atoms with Crippen molar-refractivity contribution in [1.29, 1.82) is 0 Å². The molecule has 0 aliphatic carbocycles. The minimum absolute atomic E-state index is 0.0975. The Morgan fingerprint density at radius 2 is 1.69 bits per heavy atom. The molecule has 29 heavy (non-hydrogen) atoms. The SMILES string of the molecule is CC(=O)Nc1ccc(N2C(=O)C(O)=C(C(=O)CC(C)C)C2c2ccccc2)cc1. The zero-order valence-electron chi connectivity index (χ0n) is 16.7. The normalized spacial score (nSPS) is 16.5. The van der Waals surface area contributed by atoms with Crippen LogP contribution < -0.4 is 10.2 Å². The molecule has 150 valence electrons. The van der Waals surface area contributed by atoms with E-state index in [2.05, 4.69) is 5.32 Å². The number of nitrogens with one attached hydrogen (secondary N) is 1. The first kappa shape index (κ1) is 20.3. The molecule has 0 spiro atoms. The minimum atomic E-state index is -0.707. The van der Waals surface area contributed by atoms with Crippen LogP contribution in [0.25, 0.3) is 0 Å². The molecule has 1 atom stereocenters. The van der Waals surface area contributed by atoms with Crippen LogP contribution in [0.2, 0.25) is 0 Å². The summed E-state index contributed by atoms with van der Waals surface area (Å²) in [6.07, 6.45) is 0.241. The van der Waals surface area contributed by atoms with Gasteiger partial charge in [0.1, 0.15) is 0 Å². The Labute approximate surface area is 169 Å². The van der Waals surface area contributed by atoms with E-state index in [1.54, 1.807) is 24.3 Å². The fourth-order valence-corrected chi connectivity index (χ4v) is 3.50. The van der Waals surface area contributed by atoms with Crippen molar-refractivity contribution >= 4 is 29.0 Å². The van der Waals surface area contributed by atoms with Crippen LogP contribution in [-0.4, -0.2) is 22.7 Å². The Bertz CT molecular complexity index is 962. The van der Waals surface area contributed by atoms with Gasteiger partial charge in [-0.3, -0.25) is 19.3 Å². The fraction of sp³-hybridized carbons (Fsp3) is 0.261. The number of amides is 2. The van der Waals surface area contributed by atoms with Gasteiger partial charge in [0.15, 0.2) is 11.5 Å². The van der Waals surface area contributed by atoms with Crippen molar-refractivity contribution < 1.29 is 19.5 Å². The number of nitrogens with zero attached hydrogens (tertiary/aromatic N) is 1. The van der Waals surface area contributed by atoms with Crippen molar-refractivity contribution in [2.45, 2.75) is 33.2 Å². The summed E-state index contributed by atoms with van der Waals surface area (Å²) >= 11 is 0. The van der Waals surface area contributed by atoms with Crippen LogP contribution in [0.15, 0.2) is 65.9 Å². The molecule has 3 rings (SSSR count). The van der Waals surface area contributed by atoms with E-state index in [4.69, 9.17) is 0 Å². The topological polar surface area (TPSA) is 86.7 Å². The van der Waals surface area contributed by atoms with Crippen molar-refractivity contribution in [2.75, 3.05) is 10.2 Å². The maximum atomic E-state index is 12.9. The van der Waals surface area contributed by atoms with Crippen molar-refractivity contribution in [1.82, 2.24) is 0 Å². The highest BCUT2D eigenvalue weighted by Gasteiger charge is 2.44. The number of carbonyl (C=O) groups excluding carboxylic acids is 3. The van der Waals surface area contributed by atoms with Gasteiger partial charge in [-0.15, -0.1) is 0 Å². The molecule has 1 unspecified atom stereocenters. The quantitative estimate of drug-likeness (QED) is 0.773. The average Bonchev–Trinajstić information content (AvgIpc) is 2.93. The van der Waals surface area contributed by atoms with E-state index < -0.39 is 17.7 Å². The third-order valence-electron chi connectivity index (χ3n) is 4.68. The summed E-state index contributed by atoms with van der Waals surface area (Å²) in [5, 5.41) is 13.3. The lowest BCUT2D eigenvalue weighted by Crippen LogP contribution is -2.31. The first-order valence-corrected chi connectivity index (χ1v) is 9.52. The summed E-state index contributed by atoms with van der Waals surface area (Å²) in [7, 11) is 0. The molecule has 0 bridgehead atoms. The molecule has 2 aromatic rings. The van der Waals surface area contributed by atoms with Gasteiger partial charge in [0.05, 0.1) is 11.6 Å². The Morgan fingerprint density at radius 1 is 1.07 bits per heavy atom. The van der Waals surface area contributed by atoms with Crippen molar-refractivity contribution in [2.24, 2.45) is 5.92 Å². The molecule has 1 heterocycles. The van der Waals surface area contributed by atoms with Crippen molar-refractivity contribution in [3.63, 3.8) is 0 Å². The minimum Gasteiger partial charge on any atom is -0.503 e. The highest BCUT2D eigenvalue weighted by atomic mass is 16.3. The third kappa shape index (κ3) is 4.21. The number of anilines is 2. The second-order valence-electron chi connectivity index (χ2n) is 7.50. The molecule has 0 saturated heterocycles. The summed E-state index contributed by atoms with van der Waals surface area (Å²) in [6, 6.07) is 15.2. The fourth-order valence-electron chi connectivity index (χ4n) is 3.50. The Morgan fingerprint density at radius 3 is 2.24 bits per heavy atom. The van der Waals surface area contributed by atoms with Crippen LogP contribution in [0.1, 0.15) is 38.8 Å². The number of aliphatic hydroxyl groups excluding tert-OH is 1.